The maximum absolute atomic E-state index is 12.3. The van der Waals surface area contributed by atoms with E-state index in [0.29, 0.717) is 0 Å². The lowest BCUT2D eigenvalue weighted by molar-refractivity contribution is -0.147. The van der Waals surface area contributed by atoms with Gasteiger partial charge < -0.3 is 15.3 Å². The number of piperazine rings is 1. The van der Waals surface area contributed by atoms with Crippen LogP contribution >= 0.6 is 0 Å². The second kappa shape index (κ2) is 6.89. The van der Waals surface area contributed by atoms with Gasteiger partial charge in [0.2, 0.25) is 11.8 Å². The van der Waals surface area contributed by atoms with E-state index in [2.05, 4.69) is 5.32 Å². The molecule has 1 atom stereocenters. The largest absolute Gasteiger partial charge is 0.480 e. The van der Waals surface area contributed by atoms with Crippen LogP contribution in [0.4, 0.5) is 0 Å². The van der Waals surface area contributed by atoms with Crippen molar-refractivity contribution in [3.8, 4) is 0 Å². The molecule has 2 N–H and O–H groups in total. The number of carboxylic acids is 1. The molecule has 1 unspecified atom stereocenters. The number of amides is 2. The second-order valence-electron chi connectivity index (χ2n) is 5.86. The summed E-state index contributed by atoms with van der Waals surface area (Å²) in [5, 5.41) is 11.7. The van der Waals surface area contributed by atoms with Crippen molar-refractivity contribution in [2.24, 2.45) is 0 Å². The lowest BCUT2D eigenvalue weighted by atomic mass is 9.94. The molecule has 2 fully saturated rings. The van der Waals surface area contributed by atoms with E-state index in [4.69, 9.17) is 0 Å². The number of carbonyl (C=O) groups is 3. The highest BCUT2D eigenvalue weighted by molar-refractivity contribution is 5.85. The van der Waals surface area contributed by atoms with Gasteiger partial charge >= 0.3 is 5.97 Å². The third kappa shape index (κ3) is 3.93. The van der Waals surface area contributed by atoms with Gasteiger partial charge in [0.1, 0.15) is 6.04 Å². The number of likely N-dealkylation sites (N-methyl/N-ethyl adjacent to an activating group) is 1. The van der Waals surface area contributed by atoms with Crippen molar-refractivity contribution in [1.82, 2.24) is 15.1 Å². The van der Waals surface area contributed by atoms with Crippen molar-refractivity contribution >= 4 is 17.8 Å². The van der Waals surface area contributed by atoms with Crippen LogP contribution in [0.15, 0.2) is 0 Å². The van der Waals surface area contributed by atoms with Gasteiger partial charge in [-0.15, -0.1) is 0 Å². The Morgan fingerprint density at radius 2 is 2.00 bits per heavy atom. The maximum Gasteiger partial charge on any atom is 0.322 e. The van der Waals surface area contributed by atoms with Gasteiger partial charge in [0.15, 0.2) is 0 Å². The molecule has 1 saturated heterocycles. The standard InChI is InChI=1S/C14H23N3O4/c1-16(10-5-3-2-4-6-10)13(19)9-17-8-12(18)15-7-11(17)14(20)21/h10-11H,2-9H2,1H3,(H,15,18)(H,20,21). The second-order valence-corrected chi connectivity index (χ2v) is 5.86. The molecular formula is C14H23N3O4. The maximum atomic E-state index is 12.3. The van der Waals surface area contributed by atoms with Crippen LogP contribution in [-0.4, -0.2) is 71.5 Å². The summed E-state index contributed by atoms with van der Waals surface area (Å²) >= 11 is 0. The predicted octanol–water partition coefficient (Wildman–Crippen LogP) is -0.337. The van der Waals surface area contributed by atoms with E-state index in [-0.39, 0.29) is 37.5 Å². The molecule has 0 spiro atoms. The summed E-state index contributed by atoms with van der Waals surface area (Å²) in [5.74, 6) is -1.36. The Hall–Kier alpha value is -1.63. The molecular weight excluding hydrogens is 274 g/mol. The Bertz CT molecular complexity index is 420. The fourth-order valence-electron chi connectivity index (χ4n) is 3.06. The van der Waals surface area contributed by atoms with E-state index in [9.17, 15) is 19.5 Å². The minimum Gasteiger partial charge on any atom is -0.480 e. The molecule has 7 heteroatoms. The third-order valence-electron chi connectivity index (χ3n) is 4.42. The minimum atomic E-state index is -1.01. The van der Waals surface area contributed by atoms with Gasteiger partial charge in [0.25, 0.3) is 0 Å². The lowest BCUT2D eigenvalue weighted by Crippen LogP contribution is -2.59. The van der Waals surface area contributed by atoms with Crippen molar-refractivity contribution in [2.75, 3.05) is 26.7 Å². The quantitative estimate of drug-likeness (QED) is 0.741. The number of nitrogens with zero attached hydrogens (tertiary/aromatic N) is 2. The Kier molecular flexibility index (Phi) is 5.17. The van der Waals surface area contributed by atoms with E-state index in [0.717, 1.165) is 25.7 Å². The van der Waals surface area contributed by atoms with Gasteiger partial charge in [-0.05, 0) is 12.8 Å². The van der Waals surface area contributed by atoms with Crippen LogP contribution in [-0.2, 0) is 14.4 Å². The van der Waals surface area contributed by atoms with Crippen molar-refractivity contribution in [1.29, 1.82) is 0 Å². The molecule has 7 nitrogen and oxygen atoms in total. The van der Waals surface area contributed by atoms with Crippen LogP contribution in [0, 0.1) is 0 Å². The third-order valence-corrected chi connectivity index (χ3v) is 4.42. The first kappa shape index (κ1) is 15.8. The Balaban J connectivity index is 1.95. The highest BCUT2D eigenvalue weighted by Gasteiger charge is 2.34. The van der Waals surface area contributed by atoms with Crippen molar-refractivity contribution in [3.05, 3.63) is 0 Å². The number of carbonyl (C=O) groups excluding carboxylic acids is 2. The molecule has 1 heterocycles. The van der Waals surface area contributed by atoms with Gasteiger partial charge in [0, 0.05) is 19.6 Å². The van der Waals surface area contributed by atoms with Crippen molar-refractivity contribution < 1.29 is 19.5 Å². The first-order valence-electron chi connectivity index (χ1n) is 7.48. The minimum absolute atomic E-state index is 0.0165. The number of hydrogen-bond donors (Lipinski definition) is 2. The summed E-state index contributed by atoms with van der Waals surface area (Å²) in [7, 11) is 1.78. The topological polar surface area (TPSA) is 90.0 Å². The Morgan fingerprint density at radius 1 is 1.33 bits per heavy atom. The van der Waals surface area contributed by atoms with Gasteiger partial charge in [-0.3, -0.25) is 19.3 Å². The number of carboxylic acid groups (broad SMARTS) is 1. The normalized spacial score (nSPS) is 24.4. The fourth-order valence-corrected chi connectivity index (χ4v) is 3.06. The average molecular weight is 297 g/mol. The molecule has 0 radical (unpaired) electrons. The predicted molar refractivity (Wildman–Crippen MR) is 75.6 cm³/mol. The molecule has 2 rings (SSSR count). The molecule has 0 aromatic carbocycles. The SMILES string of the molecule is CN(C(=O)CN1CC(=O)NCC1C(=O)O)C1CCCCC1. The van der Waals surface area contributed by atoms with Crippen molar-refractivity contribution in [3.63, 3.8) is 0 Å². The monoisotopic (exact) mass is 297 g/mol. The number of aliphatic carboxylic acids is 1. The van der Waals surface area contributed by atoms with Crippen LogP contribution in [0.2, 0.25) is 0 Å². The number of rotatable bonds is 4. The van der Waals surface area contributed by atoms with Gasteiger partial charge in [0.05, 0.1) is 13.1 Å². The molecule has 1 saturated carbocycles. The van der Waals surface area contributed by atoms with E-state index in [1.165, 1.54) is 11.3 Å². The summed E-state index contributed by atoms with van der Waals surface area (Å²) in [6.45, 7) is -0.00676. The van der Waals surface area contributed by atoms with E-state index in [1.54, 1.807) is 11.9 Å². The molecule has 0 aromatic heterocycles. The summed E-state index contributed by atoms with van der Waals surface area (Å²) in [4.78, 5) is 38.1. The van der Waals surface area contributed by atoms with Crippen molar-refractivity contribution in [2.45, 2.75) is 44.2 Å². The fraction of sp³-hybridized carbons (Fsp3) is 0.786. The smallest absolute Gasteiger partial charge is 0.322 e. The summed E-state index contributed by atoms with van der Waals surface area (Å²) in [5.41, 5.74) is 0. The molecule has 0 aromatic rings. The average Bonchev–Trinajstić information content (AvgIpc) is 2.47. The van der Waals surface area contributed by atoms with Crippen LogP contribution in [0.1, 0.15) is 32.1 Å². The molecule has 1 aliphatic heterocycles. The highest BCUT2D eigenvalue weighted by atomic mass is 16.4. The zero-order valence-corrected chi connectivity index (χ0v) is 12.4. The zero-order chi connectivity index (χ0) is 15.4. The Morgan fingerprint density at radius 3 is 2.62 bits per heavy atom. The number of hydrogen-bond acceptors (Lipinski definition) is 4. The molecule has 0 bridgehead atoms. The highest BCUT2D eigenvalue weighted by Crippen LogP contribution is 2.21. The molecule has 2 aliphatic rings. The molecule has 1 aliphatic carbocycles. The zero-order valence-electron chi connectivity index (χ0n) is 12.4. The summed E-state index contributed by atoms with van der Waals surface area (Å²) < 4.78 is 0. The van der Waals surface area contributed by atoms with Gasteiger partial charge in [-0.25, -0.2) is 0 Å². The Labute approximate surface area is 124 Å². The van der Waals surface area contributed by atoms with E-state index in [1.807, 2.05) is 0 Å². The van der Waals surface area contributed by atoms with Crippen LogP contribution in [0.25, 0.3) is 0 Å². The molecule has 2 amide bonds. The summed E-state index contributed by atoms with van der Waals surface area (Å²) in [6, 6.07) is -0.584. The van der Waals surface area contributed by atoms with Crippen LogP contribution in [0.5, 0.6) is 0 Å². The van der Waals surface area contributed by atoms with Crippen LogP contribution in [0.3, 0.4) is 0 Å². The number of nitrogens with one attached hydrogen (secondary N) is 1. The summed E-state index contributed by atoms with van der Waals surface area (Å²) in [6.07, 6.45) is 5.49. The van der Waals surface area contributed by atoms with Gasteiger partial charge in [-0.2, -0.15) is 0 Å². The van der Waals surface area contributed by atoms with E-state index >= 15 is 0 Å². The first-order valence-corrected chi connectivity index (χ1v) is 7.48. The van der Waals surface area contributed by atoms with Gasteiger partial charge in [-0.1, -0.05) is 19.3 Å². The van der Waals surface area contributed by atoms with E-state index < -0.39 is 12.0 Å². The molecule has 118 valence electrons. The molecule has 21 heavy (non-hydrogen) atoms. The first-order chi connectivity index (χ1) is 9.99. The van der Waals surface area contributed by atoms with Crippen LogP contribution < -0.4 is 5.32 Å². The lowest BCUT2D eigenvalue weighted by Gasteiger charge is -2.36.